The standard InChI is InChI=1S/C23H46N2O.BrH/c1-4-5-6-7-8-9-10-11-12-13-14-15-16-17-20-26-21-23(2)25-19-18-24(3)22-25;/h18-19,23H,4-17,20-22H2,1-3H3;1H. The highest BCUT2D eigenvalue weighted by molar-refractivity contribution is 8.93. The molecule has 0 radical (unpaired) electrons. The molecule has 162 valence electrons. The predicted octanol–water partition coefficient (Wildman–Crippen LogP) is 7.13. The van der Waals surface area contributed by atoms with Crippen molar-refractivity contribution in [2.24, 2.45) is 0 Å². The third-order valence-corrected chi connectivity index (χ3v) is 5.47. The van der Waals surface area contributed by atoms with E-state index in [4.69, 9.17) is 4.74 Å². The van der Waals surface area contributed by atoms with Crippen LogP contribution in [-0.2, 0) is 4.74 Å². The molecule has 3 nitrogen and oxygen atoms in total. The smallest absolute Gasteiger partial charge is 0.0894 e. The Labute approximate surface area is 180 Å². The van der Waals surface area contributed by atoms with Gasteiger partial charge in [0, 0.05) is 26.1 Å². The van der Waals surface area contributed by atoms with Crippen LogP contribution >= 0.6 is 17.0 Å². The Morgan fingerprint density at radius 1 is 0.778 bits per heavy atom. The number of unbranched alkanes of at least 4 members (excludes halogenated alkanes) is 13. The lowest BCUT2D eigenvalue weighted by molar-refractivity contribution is 0.0767. The Kier molecular flexibility index (Phi) is 19.0. The molecule has 0 N–H and O–H groups in total. The minimum atomic E-state index is 0. The van der Waals surface area contributed by atoms with E-state index in [2.05, 4.69) is 43.1 Å². The fourth-order valence-electron chi connectivity index (χ4n) is 3.59. The quantitative estimate of drug-likeness (QED) is 0.208. The van der Waals surface area contributed by atoms with Crippen LogP contribution in [0, 0.1) is 0 Å². The molecule has 0 spiro atoms. The van der Waals surface area contributed by atoms with Crippen molar-refractivity contribution < 1.29 is 4.74 Å². The Morgan fingerprint density at radius 3 is 1.70 bits per heavy atom. The second-order valence-corrected chi connectivity index (χ2v) is 8.23. The van der Waals surface area contributed by atoms with E-state index < -0.39 is 0 Å². The molecule has 0 aromatic rings. The van der Waals surface area contributed by atoms with Crippen molar-refractivity contribution in [3.05, 3.63) is 12.4 Å². The van der Waals surface area contributed by atoms with Crippen LogP contribution in [0.15, 0.2) is 12.4 Å². The molecule has 0 aromatic heterocycles. The van der Waals surface area contributed by atoms with Crippen molar-refractivity contribution in [1.29, 1.82) is 0 Å². The summed E-state index contributed by atoms with van der Waals surface area (Å²) in [7, 11) is 2.11. The monoisotopic (exact) mass is 446 g/mol. The molecule has 0 aliphatic carbocycles. The summed E-state index contributed by atoms with van der Waals surface area (Å²) in [6, 6.07) is 0.475. The third-order valence-electron chi connectivity index (χ3n) is 5.47. The molecule has 27 heavy (non-hydrogen) atoms. The minimum Gasteiger partial charge on any atom is -0.379 e. The molecule has 1 unspecified atom stereocenters. The van der Waals surface area contributed by atoms with Gasteiger partial charge in [0.2, 0.25) is 0 Å². The van der Waals surface area contributed by atoms with Crippen LogP contribution in [0.25, 0.3) is 0 Å². The van der Waals surface area contributed by atoms with Gasteiger partial charge in [0.25, 0.3) is 0 Å². The van der Waals surface area contributed by atoms with E-state index in [9.17, 15) is 0 Å². The first-order valence-electron chi connectivity index (χ1n) is 11.5. The summed E-state index contributed by atoms with van der Waals surface area (Å²) in [5.74, 6) is 0. The van der Waals surface area contributed by atoms with Crippen molar-refractivity contribution in [2.45, 2.75) is 110 Å². The van der Waals surface area contributed by atoms with E-state index in [1.165, 1.54) is 89.9 Å². The molecule has 1 atom stereocenters. The zero-order chi connectivity index (χ0) is 18.9. The van der Waals surface area contributed by atoms with Crippen molar-refractivity contribution in [3.63, 3.8) is 0 Å². The summed E-state index contributed by atoms with van der Waals surface area (Å²) in [6.07, 6.45) is 24.1. The van der Waals surface area contributed by atoms with E-state index in [1.807, 2.05) is 0 Å². The van der Waals surface area contributed by atoms with E-state index in [1.54, 1.807) is 0 Å². The van der Waals surface area contributed by atoms with Gasteiger partial charge >= 0.3 is 0 Å². The topological polar surface area (TPSA) is 15.7 Å². The van der Waals surface area contributed by atoms with Gasteiger partial charge in [-0.2, -0.15) is 0 Å². The highest BCUT2D eigenvalue weighted by Gasteiger charge is 2.14. The highest BCUT2D eigenvalue weighted by atomic mass is 79.9. The lowest BCUT2D eigenvalue weighted by Gasteiger charge is -2.25. The van der Waals surface area contributed by atoms with E-state index in [0.29, 0.717) is 6.04 Å². The van der Waals surface area contributed by atoms with Crippen molar-refractivity contribution in [1.82, 2.24) is 9.80 Å². The first-order chi connectivity index (χ1) is 12.7. The van der Waals surface area contributed by atoms with Crippen LogP contribution in [0.1, 0.15) is 104 Å². The van der Waals surface area contributed by atoms with Gasteiger partial charge < -0.3 is 14.5 Å². The molecule has 0 fully saturated rings. The number of halogens is 1. The van der Waals surface area contributed by atoms with Crippen LogP contribution in [0.3, 0.4) is 0 Å². The number of hydrogen-bond donors (Lipinski definition) is 0. The Morgan fingerprint density at radius 2 is 1.26 bits per heavy atom. The molecule has 4 heteroatoms. The van der Waals surface area contributed by atoms with E-state index in [-0.39, 0.29) is 17.0 Å². The molecule has 0 aromatic carbocycles. The van der Waals surface area contributed by atoms with E-state index >= 15 is 0 Å². The molecule has 0 saturated heterocycles. The van der Waals surface area contributed by atoms with Crippen molar-refractivity contribution in [2.75, 3.05) is 26.9 Å². The van der Waals surface area contributed by atoms with Gasteiger partial charge in [-0.1, -0.05) is 90.4 Å². The first kappa shape index (κ1) is 26.8. The maximum Gasteiger partial charge on any atom is 0.0894 e. The van der Waals surface area contributed by atoms with Gasteiger partial charge in [-0.25, -0.2) is 0 Å². The second kappa shape index (κ2) is 19.1. The van der Waals surface area contributed by atoms with Gasteiger partial charge in [0.15, 0.2) is 0 Å². The molecule has 0 bridgehead atoms. The number of hydrogen-bond acceptors (Lipinski definition) is 3. The molecule has 1 rings (SSSR count). The zero-order valence-corrected chi connectivity index (χ0v) is 20.2. The van der Waals surface area contributed by atoms with E-state index in [0.717, 1.165) is 19.9 Å². The summed E-state index contributed by atoms with van der Waals surface area (Å²) in [5.41, 5.74) is 0. The van der Waals surface area contributed by atoms with Gasteiger partial charge in [-0.05, 0) is 13.3 Å². The molecular formula is C23H47BrN2O. The summed E-state index contributed by atoms with van der Waals surface area (Å²) in [5, 5.41) is 0. The molecular weight excluding hydrogens is 400 g/mol. The van der Waals surface area contributed by atoms with Crippen LogP contribution in [0.4, 0.5) is 0 Å². The highest BCUT2D eigenvalue weighted by Crippen LogP contribution is 2.13. The van der Waals surface area contributed by atoms with Gasteiger partial charge in [0.05, 0.1) is 19.3 Å². The lowest BCUT2D eigenvalue weighted by atomic mass is 10.0. The van der Waals surface area contributed by atoms with Crippen LogP contribution < -0.4 is 0 Å². The molecule has 1 aliphatic rings. The minimum absolute atomic E-state index is 0. The third kappa shape index (κ3) is 15.4. The zero-order valence-electron chi connectivity index (χ0n) is 18.5. The Bertz CT molecular complexity index is 338. The first-order valence-corrected chi connectivity index (χ1v) is 11.5. The lowest BCUT2D eigenvalue weighted by Crippen LogP contribution is -2.34. The summed E-state index contributed by atoms with van der Waals surface area (Å²) in [6.45, 7) is 7.30. The van der Waals surface area contributed by atoms with Crippen molar-refractivity contribution in [3.8, 4) is 0 Å². The maximum atomic E-state index is 5.86. The van der Waals surface area contributed by atoms with Crippen LogP contribution in [0.5, 0.6) is 0 Å². The summed E-state index contributed by atoms with van der Waals surface area (Å²) < 4.78 is 5.86. The predicted molar refractivity (Wildman–Crippen MR) is 125 cm³/mol. The van der Waals surface area contributed by atoms with Gasteiger partial charge in [-0.15, -0.1) is 17.0 Å². The molecule has 0 amide bonds. The van der Waals surface area contributed by atoms with Crippen molar-refractivity contribution >= 4 is 17.0 Å². The fraction of sp³-hybridized carbons (Fsp3) is 0.913. The number of ether oxygens (including phenoxy) is 1. The average Bonchev–Trinajstić information content (AvgIpc) is 3.07. The SMILES string of the molecule is Br.CCCCCCCCCCCCCCCCOCC(C)N1C=CN(C)C1. The summed E-state index contributed by atoms with van der Waals surface area (Å²) >= 11 is 0. The maximum absolute atomic E-state index is 5.86. The Balaban J connectivity index is 0.00000676. The average molecular weight is 448 g/mol. The van der Waals surface area contributed by atoms with Gasteiger partial charge in [-0.3, -0.25) is 0 Å². The van der Waals surface area contributed by atoms with Gasteiger partial charge in [0.1, 0.15) is 0 Å². The number of rotatable bonds is 18. The molecule has 1 heterocycles. The molecule has 1 aliphatic heterocycles. The van der Waals surface area contributed by atoms with Crippen LogP contribution in [0.2, 0.25) is 0 Å². The van der Waals surface area contributed by atoms with Crippen LogP contribution in [-0.4, -0.2) is 42.8 Å². The summed E-state index contributed by atoms with van der Waals surface area (Å²) in [4.78, 5) is 4.54. The molecule has 0 saturated carbocycles. The fourth-order valence-corrected chi connectivity index (χ4v) is 3.59. The number of nitrogens with zero attached hydrogens (tertiary/aromatic N) is 2. The Hall–Kier alpha value is -0.220. The largest absolute Gasteiger partial charge is 0.379 e. The normalized spacial score (nSPS) is 14.6. The second-order valence-electron chi connectivity index (χ2n) is 8.23.